The average molecular weight is 551 g/mol. The van der Waals surface area contributed by atoms with Gasteiger partial charge in [0.15, 0.2) is 0 Å². The molecule has 0 radical (unpaired) electrons. The molecule has 0 aliphatic heterocycles. The molecule has 0 aliphatic rings. The maximum atomic E-state index is 11.7. The number of benzene rings is 2. The van der Waals surface area contributed by atoms with Crippen molar-refractivity contribution in [3.63, 3.8) is 0 Å². The van der Waals surface area contributed by atoms with Crippen molar-refractivity contribution < 1.29 is 10.2 Å². The number of phenols is 2. The summed E-state index contributed by atoms with van der Waals surface area (Å²) >= 11 is 0. The predicted octanol–water partition coefficient (Wildman–Crippen LogP) is 11.7. The lowest BCUT2D eigenvalue weighted by Crippen LogP contribution is -2.09. The molecule has 0 amide bonds. The van der Waals surface area contributed by atoms with Crippen LogP contribution in [0.2, 0.25) is 0 Å². The van der Waals surface area contributed by atoms with E-state index >= 15 is 0 Å². The first-order chi connectivity index (χ1) is 19.5. The van der Waals surface area contributed by atoms with Crippen LogP contribution in [0.4, 0.5) is 0 Å². The smallest absolute Gasteiger partial charge is 0.122 e. The van der Waals surface area contributed by atoms with E-state index in [1.54, 1.807) is 0 Å². The Bertz CT molecular complexity index is 883. The van der Waals surface area contributed by atoms with E-state index in [-0.39, 0.29) is 5.92 Å². The molecule has 2 nitrogen and oxygen atoms in total. The molecule has 2 heteroatoms. The zero-order valence-electron chi connectivity index (χ0n) is 26.9. The van der Waals surface area contributed by atoms with Crippen LogP contribution in [0.3, 0.4) is 0 Å². The summed E-state index contributed by atoms with van der Waals surface area (Å²) < 4.78 is 0. The zero-order chi connectivity index (χ0) is 29.2. The molecule has 226 valence electrons. The lowest BCUT2D eigenvalue weighted by atomic mass is 9.81. The summed E-state index contributed by atoms with van der Waals surface area (Å²) in [6.07, 6.45) is 23.4. The summed E-state index contributed by atoms with van der Waals surface area (Å²) in [5, 5.41) is 23.4. The second-order valence-corrected chi connectivity index (χ2v) is 12.3. The standard InChI is InChI=1S/C38H62O2/c1-6-10-14-16-18-20-24-31-26-28-33(22-12-8-3)37(39)35(31)30(5)36-32(25-21-19-17-15-11-7-2)27-29-34(38(36)40)23-13-9-4/h26-30,39-40H,6-25H2,1-5H3. The largest absolute Gasteiger partial charge is 0.507 e. The predicted molar refractivity (Wildman–Crippen MR) is 175 cm³/mol. The van der Waals surface area contributed by atoms with Gasteiger partial charge >= 0.3 is 0 Å². The van der Waals surface area contributed by atoms with E-state index in [1.807, 2.05) is 0 Å². The first-order valence-electron chi connectivity index (χ1n) is 17.2. The molecule has 0 spiro atoms. The van der Waals surface area contributed by atoms with Gasteiger partial charge in [-0.1, -0.05) is 136 Å². The van der Waals surface area contributed by atoms with E-state index in [1.165, 1.54) is 75.3 Å². The summed E-state index contributed by atoms with van der Waals surface area (Å²) in [5.41, 5.74) is 6.79. The molecular weight excluding hydrogens is 488 g/mol. The highest BCUT2D eigenvalue weighted by Crippen LogP contribution is 2.43. The molecule has 0 unspecified atom stereocenters. The Morgan fingerprint density at radius 2 is 0.725 bits per heavy atom. The molecule has 0 saturated heterocycles. The van der Waals surface area contributed by atoms with Gasteiger partial charge in [-0.3, -0.25) is 0 Å². The van der Waals surface area contributed by atoms with E-state index in [0.717, 1.165) is 86.5 Å². The van der Waals surface area contributed by atoms with E-state index in [4.69, 9.17) is 0 Å². The molecule has 40 heavy (non-hydrogen) atoms. The Hall–Kier alpha value is -1.96. The van der Waals surface area contributed by atoms with Crippen molar-refractivity contribution in [2.24, 2.45) is 0 Å². The van der Waals surface area contributed by atoms with Gasteiger partial charge in [-0.15, -0.1) is 0 Å². The van der Waals surface area contributed by atoms with Crippen LogP contribution >= 0.6 is 0 Å². The molecule has 0 atom stereocenters. The SMILES string of the molecule is CCCCCCCCc1ccc(CCCC)c(O)c1C(C)c1c(CCCCCCCC)ccc(CCCC)c1O. The fraction of sp³-hybridized carbons (Fsp3) is 0.684. The molecule has 0 aromatic heterocycles. The van der Waals surface area contributed by atoms with Gasteiger partial charge in [0.2, 0.25) is 0 Å². The number of hydrogen-bond acceptors (Lipinski definition) is 2. The van der Waals surface area contributed by atoms with E-state index in [9.17, 15) is 10.2 Å². The minimum Gasteiger partial charge on any atom is -0.507 e. The van der Waals surface area contributed by atoms with Crippen molar-refractivity contribution in [2.45, 2.75) is 169 Å². The van der Waals surface area contributed by atoms with Crippen molar-refractivity contribution in [1.29, 1.82) is 0 Å². The number of aryl methyl sites for hydroxylation is 4. The molecular formula is C38H62O2. The monoisotopic (exact) mass is 550 g/mol. The molecule has 2 aromatic carbocycles. The van der Waals surface area contributed by atoms with Gasteiger partial charge in [-0.2, -0.15) is 0 Å². The fourth-order valence-corrected chi connectivity index (χ4v) is 6.27. The Labute approximate surface area is 248 Å². The number of rotatable bonds is 22. The minimum absolute atomic E-state index is 0.0339. The number of hydrogen-bond donors (Lipinski definition) is 2. The average Bonchev–Trinajstić information content (AvgIpc) is 2.95. The Balaban J connectivity index is 2.43. The number of phenolic OH excluding ortho intramolecular Hbond substituents is 2. The zero-order valence-corrected chi connectivity index (χ0v) is 26.9. The van der Waals surface area contributed by atoms with Gasteiger partial charge in [0, 0.05) is 17.0 Å². The molecule has 0 aliphatic carbocycles. The fourth-order valence-electron chi connectivity index (χ4n) is 6.27. The quantitative estimate of drug-likeness (QED) is 0.143. The lowest BCUT2D eigenvalue weighted by Gasteiger charge is -2.25. The molecule has 0 bridgehead atoms. The van der Waals surface area contributed by atoms with Gasteiger partial charge in [0.1, 0.15) is 11.5 Å². The highest BCUT2D eigenvalue weighted by Gasteiger charge is 2.25. The van der Waals surface area contributed by atoms with Crippen LogP contribution in [0.1, 0.15) is 177 Å². The van der Waals surface area contributed by atoms with E-state index in [2.05, 4.69) is 58.9 Å². The van der Waals surface area contributed by atoms with Crippen LogP contribution in [0, 0.1) is 0 Å². The molecule has 0 saturated carbocycles. The van der Waals surface area contributed by atoms with E-state index < -0.39 is 0 Å². The van der Waals surface area contributed by atoms with Crippen LogP contribution in [-0.2, 0) is 25.7 Å². The van der Waals surface area contributed by atoms with Crippen molar-refractivity contribution in [1.82, 2.24) is 0 Å². The first-order valence-corrected chi connectivity index (χ1v) is 17.2. The topological polar surface area (TPSA) is 40.5 Å². The second kappa shape index (κ2) is 20.0. The minimum atomic E-state index is -0.0339. The molecule has 0 heterocycles. The summed E-state index contributed by atoms with van der Waals surface area (Å²) in [5.74, 6) is 0.926. The summed E-state index contributed by atoms with van der Waals surface area (Å²) in [6.45, 7) is 11.2. The van der Waals surface area contributed by atoms with Gasteiger partial charge in [0.25, 0.3) is 0 Å². The van der Waals surface area contributed by atoms with Gasteiger partial charge in [-0.05, 0) is 73.6 Å². The molecule has 2 N–H and O–H groups in total. The van der Waals surface area contributed by atoms with Crippen LogP contribution in [-0.4, -0.2) is 10.2 Å². The third-order valence-corrected chi connectivity index (χ3v) is 8.85. The highest BCUT2D eigenvalue weighted by atomic mass is 16.3. The van der Waals surface area contributed by atoms with Crippen molar-refractivity contribution in [3.8, 4) is 11.5 Å². The van der Waals surface area contributed by atoms with Gasteiger partial charge < -0.3 is 10.2 Å². The molecule has 2 aromatic rings. The van der Waals surface area contributed by atoms with Crippen LogP contribution < -0.4 is 0 Å². The van der Waals surface area contributed by atoms with Crippen molar-refractivity contribution >= 4 is 0 Å². The van der Waals surface area contributed by atoms with Crippen LogP contribution in [0.25, 0.3) is 0 Å². The lowest BCUT2D eigenvalue weighted by molar-refractivity contribution is 0.445. The Morgan fingerprint density at radius 1 is 0.425 bits per heavy atom. The van der Waals surface area contributed by atoms with Gasteiger partial charge in [-0.25, -0.2) is 0 Å². The van der Waals surface area contributed by atoms with Crippen LogP contribution in [0.5, 0.6) is 11.5 Å². The van der Waals surface area contributed by atoms with Gasteiger partial charge in [0.05, 0.1) is 0 Å². The maximum Gasteiger partial charge on any atom is 0.122 e. The summed E-state index contributed by atoms with van der Waals surface area (Å²) in [4.78, 5) is 0. The molecule has 0 fully saturated rings. The summed E-state index contributed by atoms with van der Waals surface area (Å²) in [6, 6.07) is 8.91. The maximum absolute atomic E-state index is 11.7. The third-order valence-electron chi connectivity index (χ3n) is 8.85. The summed E-state index contributed by atoms with van der Waals surface area (Å²) in [7, 11) is 0. The number of unbranched alkanes of at least 4 members (excludes halogenated alkanes) is 12. The van der Waals surface area contributed by atoms with Crippen molar-refractivity contribution in [3.05, 3.63) is 57.6 Å². The molecule has 2 rings (SSSR count). The Kier molecular flexibility index (Phi) is 17.1. The second-order valence-electron chi connectivity index (χ2n) is 12.3. The van der Waals surface area contributed by atoms with Crippen LogP contribution in [0.15, 0.2) is 24.3 Å². The normalized spacial score (nSPS) is 11.6. The first kappa shape index (κ1) is 34.2. The third kappa shape index (κ3) is 10.8. The highest BCUT2D eigenvalue weighted by molar-refractivity contribution is 5.56. The van der Waals surface area contributed by atoms with Crippen molar-refractivity contribution in [2.75, 3.05) is 0 Å². The Morgan fingerprint density at radius 3 is 1.10 bits per heavy atom. The van der Waals surface area contributed by atoms with E-state index in [0.29, 0.717) is 11.5 Å². The number of aromatic hydroxyl groups is 2.